The van der Waals surface area contributed by atoms with Crippen molar-refractivity contribution in [1.82, 2.24) is 9.78 Å². The van der Waals surface area contributed by atoms with Crippen LogP contribution in [0.1, 0.15) is 26.3 Å². The number of phenolic OH excluding ortho intramolecular Hbond substituents is 1. The number of aromatic nitrogens is 2. The lowest BCUT2D eigenvalue weighted by atomic mass is 9.85. The maximum atomic E-state index is 10.5. The topological polar surface area (TPSA) is 64.1 Å². The van der Waals surface area contributed by atoms with Gasteiger partial charge in [-0.1, -0.05) is 32.4 Å². The summed E-state index contributed by atoms with van der Waals surface area (Å²) in [4.78, 5) is 0. The van der Waals surface area contributed by atoms with E-state index in [9.17, 15) is 5.11 Å². The first-order valence-electron chi connectivity index (χ1n) is 6.03. The summed E-state index contributed by atoms with van der Waals surface area (Å²) in [5.41, 5.74) is 7.58. The second-order valence-electron chi connectivity index (χ2n) is 5.68. The fraction of sp³-hybridized carbons (Fsp3) is 0.357. The highest BCUT2D eigenvalue weighted by molar-refractivity contribution is 6.31. The Morgan fingerprint density at radius 3 is 2.37 bits per heavy atom. The lowest BCUT2D eigenvalue weighted by Crippen LogP contribution is -2.11. The van der Waals surface area contributed by atoms with Crippen molar-refractivity contribution < 1.29 is 5.11 Å². The van der Waals surface area contributed by atoms with Crippen LogP contribution in [0.4, 0.5) is 5.82 Å². The molecule has 2 aromatic rings. The Bertz CT molecular complexity index is 607. The summed E-state index contributed by atoms with van der Waals surface area (Å²) in [6.07, 6.45) is 0. The van der Waals surface area contributed by atoms with E-state index in [2.05, 4.69) is 5.10 Å². The number of aryl methyl sites for hydroxylation is 1. The minimum atomic E-state index is -0.204. The standard InChI is InChI=1S/C14H18ClN3O/c1-14(2,3)10-6-8(15)5-9(13(10)19)11-7-12(16)18(4)17-11/h5-7,19H,16H2,1-4H3. The average molecular weight is 280 g/mol. The lowest BCUT2D eigenvalue weighted by molar-refractivity contribution is 0.448. The maximum absolute atomic E-state index is 10.5. The quantitative estimate of drug-likeness (QED) is 0.842. The molecule has 0 atom stereocenters. The lowest BCUT2D eigenvalue weighted by Gasteiger charge is -2.22. The molecule has 5 heteroatoms. The first-order chi connectivity index (χ1) is 8.70. The van der Waals surface area contributed by atoms with Crippen molar-refractivity contribution in [1.29, 1.82) is 0 Å². The first-order valence-corrected chi connectivity index (χ1v) is 6.41. The van der Waals surface area contributed by atoms with E-state index in [1.807, 2.05) is 20.8 Å². The third kappa shape index (κ3) is 2.54. The number of nitrogens with two attached hydrogens (primary N) is 1. The van der Waals surface area contributed by atoms with Crippen LogP contribution in [0, 0.1) is 0 Å². The van der Waals surface area contributed by atoms with Crippen LogP contribution in [0.3, 0.4) is 0 Å². The van der Waals surface area contributed by atoms with Crippen LogP contribution in [0.25, 0.3) is 11.3 Å². The number of anilines is 1. The van der Waals surface area contributed by atoms with E-state index in [0.29, 0.717) is 22.1 Å². The van der Waals surface area contributed by atoms with Crippen LogP contribution in [-0.4, -0.2) is 14.9 Å². The van der Waals surface area contributed by atoms with Crippen molar-refractivity contribution in [3.8, 4) is 17.0 Å². The molecule has 0 saturated carbocycles. The fourth-order valence-corrected chi connectivity index (χ4v) is 2.20. The molecule has 0 aliphatic carbocycles. The first kappa shape index (κ1) is 13.7. The Labute approximate surface area is 117 Å². The van der Waals surface area contributed by atoms with E-state index in [1.165, 1.54) is 0 Å². The molecule has 0 saturated heterocycles. The van der Waals surface area contributed by atoms with Crippen LogP contribution in [-0.2, 0) is 12.5 Å². The second kappa shape index (κ2) is 4.46. The van der Waals surface area contributed by atoms with Gasteiger partial charge >= 0.3 is 0 Å². The predicted octanol–water partition coefficient (Wildman–Crippen LogP) is 3.33. The maximum Gasteiger partial charge on any atom is 0.128 e. The molecule has 2 rings (SSSR count). The smallest absolute Gasteiger partial charge is 0.128 e. The number of phenols is 1. The third-order valence-electron chi connectivity index (χ3n) is 3.07. The van der Waals surface area contributed by atoms with Gasteiger partial charge in [-0.25, -0.2) is 0 Å². The molecular formula is C14H18ClN3O. The predicted molar refractivity (Wildman–Crippen MR) is 78.4 cm³/mol. The number of hydrogen-bond donors (Lipinski definition) is 2. The Morgan fingerprint density at radius 2 is 1.89 bits per heavy atom. The Balaban J connectivity index is 2.68. The zero-order valence-electron chi connectivity index (χ0n) is 11.5. The summed E-state index contributed by atoms with van der Waals surface area (Å²) >= 11 is 6.15. The van der Waals surface area contributed by atoms with Crippen molar-refractivity contribution >= 4 is 17.4 Å². The molecule has 1 aromatic heterocycles. The normalized spacial score (nSPS) is 11.8. The van der Waals surface area contributed by atoms with Crippen molar-refractivity contribution in [2.45, 2.75) is 26.2 Å². The van der Waals surface area contributed by atoms with Crippen LogP contribution in [0.2, 0.25) is 5.02 Å². The molecule has 0 radical (unpaired) electrons. The van der Waals surface area contributed by atoms with Crippen molar-refractivity contribution in [3.05, 3.63) is 28.8 Å². The van der Waals surface area contributed by atoms with Crippen LogP contribution >= 0.6 is 11.6 Å². The molecule has 0 aliphatic heterocycles. The van der Waals surface area contributed by atoms with Crippen LogP contribution in [0.15, 0.2) is 18.2 Å². The average Bonchev–Trinajstić information content (AvgIpc) is 2.60. The van der Waals surface area contributed by atoms with Gasteiger partial charge in [-0.15, -0.1) is 0 Å². The van der Waals surface area contributed by atoms with Gasteiger partial charge in [0.1, 0.15) is 11.6 Å². The minimum absolute atomic E-state index is 0.204. The van der Waals surface area contributed by atoms with E-state index < -0.39 is 0 Å². The summed E-state index contributed by atoms with van der Waals surface area (Å²) in [5, 5.41) is 15.3. The molecule has 1 aromatic carbocycles. The van der Waals surface area contributed by atoms with Crippen molar-refractivity contribution in [2.75, 3.05) is 5.73 Å². The molecule has 19 heavy (non-hydrogen) atoms. The SMILES string of the molecule is Cn1nc(-c2cc(Cl)cc(C(C)(C)C)c2O)cc1N. The Morgan fingerprint density at radius 1 is 1.26 bits per heavy atom. The molecule has 0 amide bonds. The third-order valence-corrected chi connectivity index (χ3v) is 3.29. The molecule has 0 unspecified atom stereocenters. The van der Waals surface area contributed by atoms with E-state index in [4.69, 9.17) is 17.3 Å². The Hall–Kier alpha value is -1.68. The molecule has 0 spiro atoms. The summed E-state index contributed by atoms with van der Waals surface area (Å²) < 4.78 is 1.56. The van der Waals surface area contributed by atoms with Gasteiger partial charge < -0.3 is 10.8 Å². The highest BCUT2D eigenvalue weighted by Crippen LogP contribution is 2.40. The molecule has 0 fully saturated rings. The number of nitrogen functional groups attached to an aromatic ring is 1. The van der Waals surface area contributed by atoms with Crippen LogP contribution < -0.4 is 5.73 Å². The molecular weight excluding hydrogens is 262 g/mol. The zero-order chi connectivity index (χ0) is 14.4. The van der Waals surface area contributed by atoms with Gasteiger partial charge in [-0.05, 0) is 17.5 Å². The highest BCUT2D eigenvalue weighted by Gasteiger charge is 2.22. The van der Waals surface area contributed by atoms with Gasteiger partial charge in [-0.2, -0.15) is 5.10 Å². The molecule has 1 heterocycles. The van der Waals surface area contributed by atoms with Gasteiger partial charge in [0.2, 0.25) is 0 Å². The summed E-state index contributed by atoms with van der Waals surface area (Å²) in [5.74, 6) is 0.738. The fourth-order valence-electron chi connectivity index (χ4n) is 1.98. The van der Waals surface area contributed by atoms with Gasteiger partial charge in [0.05, 0.1) is 5.69 Å². The van der Waals surface area contributed by atoms with Crippen molar-refractivity contribution in [2.24, 2.45) is 7.05 Å². The Kier molecular flexibility index (Phi) is 3.22. The number of benzene rings is 1. The van der Waals surface area contributed by atoms with Gasteiger partial charge in [0.25, 0.3) is 0 Å². The number of halogens is 1. The summed E-state index contributed by atoms with van der Waals surface area (Å²) in [7, 11) is 1.76. The van der Waals surface area contributed by atoms with Crippen molar-refractivity contribution in [3.63, 3.8) is 0 Å². The second-order valence-corrected chi connectivity index (χ2v) is 6.11. The van der Waals surface area contributed by atoms with E-state index >= 15 is 0 Å². The number of aromatic hydroxyl groups is 1. The molecule has 3 N–H and O–H groups in total. The number of rotatable bonds is 1. The molecule has 102 valence electrons. The van der Waals surface area contributed by atoms with Gasteiger partial charge in [-0.3, -0.25) is 4.68 Å². The number of nitrogens with zero attached hydrogens (tertiary/aromatic N) is 2. The van der Waals surface area contributed by atoms with E-state index in [0.717, 1.165) is 5.56 Å². The largest absolute Gasteiger partial charge is 0.507 e. The minimum Gasteiger partial charge on any atom is -0.507 e. The van der Waals surface area contributed by atoms with Gasteiger partial charge in [0, 0.05) is 29.3 Å². The van der Waals surface area contributed by atoms with E-state index in [1.54, 1.807) is 29.9 Å². The monoisotopic (exact) mass is 279 g/mol. The summed E-state index contributed by atoms with van der Waals surface area (Å²) in [6, 6.07) is 5.21. The summed E-state index contributed by atoms with van der Waals surface area (Å²) in [6.45, 7) is 6.07. The highest BCUT2D eigenvalue weighted by atomic mass is 35.5. The molecule has 4 nitrogen and oxygen atoms in total. The zero-order valence-corrected chi connectivity index (χ0v) is 12.3. The van der Waals surface area contributed by atoms with Crippen LogP contribution in [0.5, 0.6) is 5.75 Å². The number of hydrogen-bond acceptors (Lipinski definition) is 3. The van der Waals surface area contributed by atoms with Gasteiger partial charge in [0.15, 0.2) is 0 Å². The molecule has 0 bridgehead atoms. The molecule has 0 aliphatic rings. The van der Waals surface area contributed by atoms with E-state index in [-0.39, 0.29) is 11.2 Å².